The van der Waals surface area contributed by atoms with Crippen molar-refractivity contribution in [2.75, 3.05) is 20.3 Å². The van der Waals surface area contributed by atoms with Crippen LogP contribution in [0.15, 0.2) is 36.5 Å². The molecule has 0 aromatic heterocycles. The third-order valence-electron chi connectivity index (χ3n) is 2.50. The van der Waals surface area contributed by atoms with E-state index in [1.54, 1.807) is 7.11 Å². The van der Waals surface area contributed by atoms with Crippen molar-refractivity contribution >= 4 is 0 Å². The third-order valence-corrected chi connectivity index (χ3v) is 2.50. The van der Waals surface area contributed by atoms with Crippen LogP contribution in [0.5, 0.6) is 0 Å². The average Bonchev–Trinajstić information content (AvgIpc) is 2.25. The van der Waals surface area contributed by atoms with Crippen LogP contribution in [0.1, 0.15) is 19.3 Å². The van der Waals surface area contributed by atoms with Crippen molar-refractivity contribution in [1.29, 1.82) is 0 Å². The van der Waals surface area contributed by atoms with Gasteiger partial charge in [0.25, 0.3) is 0 Å². The summed E-state index contributed by atoms with van der Waals surface area (Å²) in [6.45, 7) is 13.1. The van der Waals surface area contributed by atoms with Gasteiger partial charge in [-0.2, -0.15) is 0 Å². The van der Waals surface area contributed by atoms with Crippen LogP contribution in [0.4, 0.5) is 0 Å². The minimum Gasteiger partial charge on any atom is -0.385 e. The fourth-order valence-corrected chi connectivity index (χ4v) is 1.39. The summed E-state index contributed by atoms with van der Waals surface area (Å²) >= 11 is 0. The van der Waals surface area contributed by atoms with Crippen molar-refractivity contribution in [2.45, 2.75) is 25.3 Å². The van der Waals surface area contributed by atoms with Crippen LogP contribution in [0.3, 0.4) is 0 Å². The molecule has 0 amide bonds. The zero-order chi connectivity index (χ0) is 12.6. The number of ether oxygens (including phenoxy) is 1. The Bertz CT molecular complexity index is 259. The Balaban J connectivity index is 4.05. The Kier molecular flexibility index (Phi) is 7.81. The first-order valence-corrected chi connectivity index (χ1v) is 5.52. The molecule has 0 saturated carbocycles. The molecule has 3 nitrogen and oxygen atoms in total. The van der Waals surface area contributed by atoms with Crippen LogP contribution in [0.2, 0.25) is 0 Å². The van der Waals surface area contributed by atoms with Crippen LogP contribution in [-0.2, 0) is 4.74 Å². The van der Waals surface area contributed by atoms with Gasteiger partial charge in [-0.3, -0.25) is 0 Å². The van der Waals surface area contributed by atoms with Crippen molar-refractivity contribution in [3.05, 3.63) is 36.5 Å². The van der Waals surface area contributed by atoms with Gasteiger partial charge >= 0.3 is 0 Å². The number of methoxy groups -OCH3 is 1. The van der Waals surface area contributed by atoms with Gasteiger partial charge in [-0.05, 0) is 42.5 Å². The van der Waals surface area contributed by atoms with Gasteiger partial charge in [0.05, 0.1) is 0 Å². The van der Waals surface area contributed by atoms with Crippen molar-refractivity contribution in [2.24, 2.45) is 11.5 Å². The lowest BCUT2D eigenvalue weighted by molar-refractivity contribution is 0.188. The summed E-state index contributed by atoms with van der Waals surface area (Å²) in [6.07, 6.45) is 2.31. The Hall–Kier alpha value is -0.900. The number of nitrogens with two attached hydrogens (primary N) is 2. The lowest BCUT2D eigenvalue weighted by atomic mass is 9.94. The lowest BCUT2D eigenvalue weighted by Gasteiger charge is -2.16. The molecule has 0 spiro atoms. The summed E-state index contributed by atoms with van der Waals surface area (Å²) in [6, 6.07) is 0.0647. The molecular weight excluding hydrogens is 200 g/mol. The second kappa shape index (κ2) is 8.28. The summed E-state index contributed by atoms with van der Waals surface area (Å²) in [7, 11) is 1.67. The Morgan fingerprint density at radius 1 is 1.25 bits per heavy atom. The maximum atomic E-state index is 5.94. The molecule has 1 unspecified atom stereocenters. The van der Waals surface area contributed by atoms with Crippen molar-refractivity contribution in [1.82, 2.24) is 0 Å². The second-order valence-electron chi connectivity index (χ2n) is 3.97. The molecule has 0 aliphatic rings. The van der Waals surface area contributed by atoms with Gasteiger partial charge in [0.15, 0.2) is 0 Å². The minimum atomic E-state index is 0.0647. The van der Waals surface area contributed by atoms with E-state index in [-0.39, 0.29) is 6.04 Å². The van der Waals surface area contributed by atoms with Gasteiger partial charge < -0.3 is 16.2 Å². The quantitative estimate of drug-likeness (QED) is 0.587. The highest BCUT2D eigenvalue weighted by Gasteiger charge is 2.09. The molecule has 0 rings (SSSR count). The lowest BCUT2D eigenvalue weighted by Crippen LogP contribution is -2.22. The largest absolute Gasteiger partial charge is 0.385 e. The summed E-state index contributed by atoms with van der Waals surface area (Å²) < 4.78 is 4.97. The summed E-state index contributed by atoms with van der Waals surface area (Å²) in [5, 5.41) is 0. The maximum Gasteiger partial charge on any atom is 0.0477 e. The van der Waals surface area contributed by atoms with Crippen molar-refractivity contribution < 1.29 is 4.74 Å². The first-order chi connectivity index (χ1) is 7.52. The molecule has 4 N–H and O–H groups in total. The first-order valence-electron chi connectivity index (χ1n) is 5.52. The van der Waals surface area contributed by atoms with Crippen LogP contribution < -0.4 is 11.5 Å². The molecule has 0 radical (unpaired) electrons. The molecule has 1 atom stereocenters. The molecule has 0 aliphatic carbocycles. The first kappa shape index (κ1) is 15.1. The van der Waals surface area contributed by atoms with Gasteiger partial charge in [-0.15, -0.1) is 0 Å². The van der Waals surface area contributed by atoms with E-state index in [1.807, 2.05) is 0 Å². The third kappa shape index (κ3) is 5.85. The maximum absolute atomic E-state index is 5.94. The highest BCUT2D eigenvalue weighted by atomic mass is 16.5. The predicted molar refractivity (Wildman–Crippen MR) is 70.2 cm³/mol. The molecular formula is C13H24N2O. The fourth-order valence-electron chi connectivity index (χ4n) is 1.39. The van der Waals surface area contributed by atoms with Crippen LogP contribution in [-0.4, -0.2) is 26.3 Å². The smallest absolute Gasteiger partial charge is 0.0477 e. The van der Waals surface area contributed by atoms with Gasteiger partial charge in [-0.1, -0.05) is 19.7 Å². The number of hydrogen-bond acceptors (Lipinski definition) is 3. The van der Waals surface area contributed by atoms with E-state index in [9.17, 15) is 0 Å². The van der Waals surface area contributed by atoms with Crippen LogP contribution >= 0.6 is 0 Å². The Morgan fingerprint density at radius 3 is 2.38 bits per heavy atom. The molecule has 0 bridgehead atoms. The predicted octanol–water partition coefficient (Wildman–Crippen LogP) is 1.76. The second-order valence-corrected chi connectivity index (χ2v) is 3.97. The van der Waals surface area contributed by atoms with Gasteiger partial charge in [0.2, 0.25) is 0 Å². The normalized spacial score (nSPS) is 12.2. The molecule has 0 saturated heterocycles. The molecule has 0 aliphatic heterocycles. The highest BCUT2D eigenvalue weighted by molar-refractivity contribution is 5.42. The monoisotopic (exact) mass is 224 g/mol. The Labute approximate surface area is 98.8 Å². The van der Waals surface area contributed by atoms with E-state index < -0.39 is 0 Å². The minimum absolute atomic E-state index is 0.0647. The number of hydrogen-bond donors (Lipinski definition) is 2. The highest BCUT2D eigenvalue weighted by Crippen LogP contribution is 2.21. The van der Waals surface area contributed by atoms with Crippen molar-refractivity contribution in [3.8, 4) is 0 Å². The standard InChI is InChI=1S/C13H24N2O/c1-10(5-7-14)12(3)11(2)9-13(15)6-8-16-4/h13H,1-3,5-9,14-15H2,4H3. The molecule has 0 heterocycles. The topological polar surface area (TPSA) is 61.3 Å². The molecule has 92 valence electrons. The van der Waals surface area contributed by atoms with Crippen LogP contribution in [0, 0.1) is 0 Å². The van der Waals surface area contributed by atoms with E-state index in [1.165, 1.54) is 0 Å². The van der Waals surface area contributed by atoms with E-state index in [0.29, 0.717) is 13.2 Å². The SMILES string of the molecule is C=C(CCN)C(=C)C(=C)CC(N)CCOC. The number of allylic oxidation sites excluding steroid dienone is 1. The van der Waals surface area contributed by atoms with E-state index in [0.717, 1.165) is 36.0 Å². The van der Waals surface area contributed by atoms with Gasteiger partial charge in [0, 0.05) is 19.8 Å². The zero-order valence-corrected chi connectivity index (χ0v) is 10.3. The van der Waals surface area contributed by atoms with E-state index >= 15 is 0 Å². The molecule has 0 aromatic carbocycles. The summed E-state index contributed by atoms with van der Waals surface area (Å²) in [5.41, 5.74) is 14.2. The summed E-state index contributed by atoms with van der Waals surface area (Å²) in [5.74, 6) is 0. The Morgan fingerprint density at radius 2 is 1.88 bits per heavy atom. The zero-order valence-electron chi connectivity index (χ0n) is 10.3. The molecule has 0 aromatic rings. The number of rotatable bonds is 9. The van der Waals surface area contributed by atoms with Gasteiger partial charge in [-0.25, -0.2) is 0 Å². The average molecular weight is 224 g/mol. The summed E-state index contributed by atoms with van der Waals surface area (Å²) in [4.78, 5) is 0. The molecule has 0 fully saturated rings. The van der Waals surface area contributed by atoms with Crippen molar-refractivity contribution in [3.63, 3.8) is 0 Å². The van der Waals surface area contributed by atoms with Gasteiger partial charge in [0.1, 0.15) is 0 Å². The molecule has 16 heavy (non-hydrogen) atoms. The van der Waals surface area contributed by atoms with Crippen LogP contribution in [0.25, 0.3) is 0 Å². The fraction of sp³-hybridized carbons (Fsp3) is 0.538. The van der Waals surface area contributed by atoms with E-state index in [2.05, 4.69) is 19.7 Å². The molecule has 3 heteroatoms. The van der Waals surface area contributed by atoms with E-state index in [4.69, 9.17) is 16.2 Å².